The molecule has 33 heavy (non-hydrogen) atoms. The van der Waals surface area contributed by atoms with E-state index in [-0.39, 0.29) is 28.3 Å². The fraction of sp³-hybridized carbons (Fsp3) is 0.333. The largest absolute Gasteiger partial charge is 0.383 e. The molecular weight excluding hydrogens is 443 g/mol. The SMILES string of the molecule is NN=NC(=Nc1cccc(F)c1S)c1cc(-c2cn(C3CNCCC34CC4)nn2)cnc1N. The number of amidine groups is 1. The maximum Gasteiger partial charge on any atom is 0.187 e. The van der Waals surface area contributed by atoms with Gasteiger partial charge in [-0.3, -0.25) is 0 Å². The first-order valence-corrected chi connectivity index (χ1v) is 11.0. The number of halogens is 1. The molecule has 1 atom stereocenters. The topological polar surface area (TPSA) is 145 Å². The van der Waals surface area contributed by atoms with Crippen LogP contribution in [-0.2, 0) is 0 Å². The first-order valence-electron chi connectivity index (χ1n) is 10.6. The molecular formula is C21H23FN10S. The van der Waals surface area contributed by atoms with Crippen molar-refractivity contribution in [1.82, 2.24) is 25.3 Å². The van der Waals surface area contributed by atoms with E-state index >= 15 is 0 Å². The number of aliphatic imine (C=N–C) groups is 1. The second-order valence-electron chi connectivity index (χ2n) is 8.33. The second kappa shape index (κ2) is 8.52. The van der Waals surface area contributed by atoms with Crippen LogP contribution in [0.5, 0.6) is 0 Å². The molecule has 1 saturated carbocycles. The van der Waals surface area contributed by atoms with Crippen LogP contribution in [0.15, 0.2) is 56.9 Å². The number of hydrogen-bond acceptors (Lipinski definition) is 8. The van der Waals surface area contributed by atoms with Crippen molar-refractivity contribution in [2.75, 3.05) is 18.8 Å². The van der Waals surface area contributed by atoms with Crippen LogP contribution >= 0.6 is 12.6 Å². The minimum atomic E-state index is -0.509. The number of nitrogens with zero attached hydrogens (tertiary/aromatic N) is 7. The summed E-state index contributed by atoms with van der Waals surface area (Å²) in [7, 11) is 0. The molecule has 0 bridgehead atoms. The van der Waals surface area contributed by atoms with Gasteiger partial charge in [-0.1, -0.05) is 16.5 Å². The van der Waals surface area contributed by atoms with Gasteiger partial charge in [0.2, 0.25) is 0 Å². The smallest absolute Gasteiger partial charge is 0.187 e. The number of thiol groups is 1. The molecule has 10 nitrogen and oxygen atoms in total. The number of nitrogens with two attached hydrogens (primary N) is 2. The van der Waals surface area contributed by atoms with Gasteiger partial charge in [-0.2, -0.15) is 0 Å². The quantitative estimate of drug-likeness (QED) is 0.116. The molecule has 3 heterocycles. The molecule has 1 aliphatic heterocycles. The van der Waals surface area contributed by atoms with E-state index in [4.69, 9.17) is 11.6 Å². The molecule has 1 spiro atoms. The zero-order chi connectivity index (χ0) is 23.0. The van der Waals surface area contributed by atoms with Crippen LogP contribution in [0.25, 0.3) is 11.3 Å². The fourth-order valence-electron chi connectivity index (χ4n) is 4.33. The lowest BCUT2D eigenvalue weighted by molar-refractivity contribution is 0.214. The highest BCUT2D eigenvalue weighted by Gasteiger charge is 2.51. The molecule has 170 valence electrons. The van der Waals surface area contributed by atoms with E-state index in [9.17, 15) is 4.39 Å². The standard InChI is InChI=1S/C21H23FN10S/c22-14-2-1-3-15(18(14)33)27-20(29-30-24)13-8-12(9-26-19(13)23)16-11-32(31-28-16)17-10-25-7-6-21(17)4-5-21/h1-3,8-9,11,17,25,33H,4-7,10H2,(H2,23,26)(H2,24,27,29). The average Bonchev–Trinajstić information content (AvgIpc) is 3.39. The molecule has 2 aliphatic rings. The Morgan fingerprint density at radius 1 is 1.30 bits per heavy atom. The predicted molar refractivity (Wildman–Crippen MR) is 125 cm³/mol. The molecule has 1 unspecified atom stereocenters. The first kappa shape index (κ1) is 21.5. The number of nitrogen functional groups attached to an aromatic ring is 1. The number of pyridine rings is 1. The highest BCUT2D eigenvalue weighted by molar-refractivity contribution is 7.80. The number of nitrogens with one attached hydrogen (secondary N) is 1. The summed E-state index contributed by atoms with van der Waals surface area (Å²) in [6.07, 6.45) is 7.13. The van der Waals surface area contributed by atoms with Gasteiger partial charge < -0.3 is 16.9 Å². The average molecular weight is 467 g/mol. The molecule has 3 aromatic rings. The molecule has 5 rings (SSSR count). The van der Waals surface area contributed by atoms with Crippen molar-refractivity contribution in [2.45, 2.75) is 30.2 Å². The zero-order valence-electron chi connectivity index (χ0n) is 17.7. The molecule has 1 aromatic carbocycles. The van der Waals surface area contributed by atoms with E-state index in [0.717, 1.165) is 19.5 Å². The van der Waals surface area contributed by atoms with Crippen molar-refractivity contribution in [2.24, 2.45) is 26.6 Å². The zero-order valence-corrected chi connectivity index (χ0v) is 18.6. The van der Waals surface area contributed by atoms with Crippen molar-refractivity contribution >= 4 is 30.0 Å². The van der Waals surface area contributed by atoms with E-state index in [1.807, 2.05) is 10.9 Å². The maximum absolute atomic E-state index is 13.9. The lowest BCUT2D eigenvalue weighted by Crippen LogP contribution is -2.39. The number of rotatable bonds is 4. The first-order chi connectivity index (χ1) is 16.0. The van der Waals surface area contributed by atoms with Crippen molar-refractivity contribution in [3.8, 4) is 11.3 Å². The van der Waals surface area contributed by atoms with Crippen molar-refractivity contribution in [3.05, 3.63) is 48.0 Å². The summed E-state index contributed by atoms with van der Waals surface area (Å²) >= 11 is 4.18. The van der Waals surface area contributed by atoms with Crippen LogP contribution in [0.2, 0.25) is 0 Å². The highest BCUT2D eigenvalue weighted by atomic mass is 32.1. The van der Waals surface area contributed by atoms with Gasteiger partial charge in [0.15, 0.2) is 5.84 Å². The Morgan fingerprint density at radius 3 is 2.94 bits per heavy atom. The van der Waals surface area contributed by atoms with Crippen LogP contribution in [0.4, 0.5) is 15.9 Å². The van der Waals surface area contributed by atoms with Gasteiger partial charge in [-0.15, -0.1) is 22.8 Å². The van der Waals surface area contributed by atoms with Gasteiger partial charge in [0.25, 0.3) is 0 Å². The highest BCUT2D eigenvalue weighted by Crippen LogP contribution is 2.57. The second-order valence-corrected chi connectivity index (χ2v) is 8.78. The normalized spacial score (nSPS) is 19.9. The van der Waals surface area contributed by atoms with Gasteiger partial charge in [0.05, 0.1) is 28.4 Å². The van der Waals surface area contributed by atoms with E-state index in [0.29, 0.717) is 22.2 Å². The van der Waals surface area contributed by atoms with E-state index in [1.165, 1.54) is 25.0 Å². The van der Waals surface area contributed by atoms with Gasteiger partial charge in [0, 0.05) is 18.3 Å². The number of aromatic nitrogens is 4. The summed E-state index contributed by atoms with van der Waals surface area (Å²) in [5.74, 6) is 5.03. The summed E-state index contributed by atoms with van der Waals surface area (Å²) in [5, 5.41) is 19.5. The summed E-state index contributed by atoms with van der Waals surface area (Å²) in [6, 6.07) is 6.43. The predicted octanol–water partition coefficient (Wildman–Crippen LogP) is 3.07. The lowest BCUT2D eigenvalue weighted by atomic mass is 9.89. The summed E-state index contributed by atoms with van der Waals surface area (Å²) in [4.78, 5) is 8.72. The molecule has 1 saturated heterocycles. The minimum Gasteiger partial charge on any atom is -0.383 e. The molecule has 0 radical (unpaired) electrons. The maximum atomic E-state index is 13.9. The number of anilines is 1. The molecule has 1 aliphatic carbocycles. The van der Waals surface area contributed by atoms with Crippen molar-refractivity contribution in [3.63, 3.8) is 0 Å². The molecule has 2 fully saturated rings. The Balaban J connectivity index is 1.51. The minimum absolute atomic E-state index is 0.0722. The third kappa shape index (κ3) is 4.07. The van der Waals surface area contributed by atoms with Gasteiger partial charge in [-0.05, 0) is 49.4 Å². The lowest BCUT2D eigenvalue weighted by Gasteiger charge is -2.32. The Morgan fingerprint density at radius 2 is 2.15 bits per heavy atom. The van der Waals surface area contributed by atoms with E-state index in [1.54, 1.807) is 18.3 Å². The summed E-state index contributed by atoms with van der Waals surface area (Å²) < 4.78 is 15.9. The number of benzene rings is 1. The van der Waals surface area contributed by atoms with Crippen LogP contribution in [0.3, 0.4) is 0 Å². The van der Waals surface area contributed by atoms with Crippen LogP contribution in [0.1, 0.15) is 30.9 Å². The Kier molecular flexibility index (Phi) is 5.54. The third-order valence-electron chi connectivity index (χ3n) is 6.37. The van der Waals surface area contributed by atoms with Crippen LogP contribution < -0.4 is 16.9 Å². The number of hydrogen-bond donors (Lipinski definition) is 4. The Labute approximate surface area is 194 Å². The molecule has 12 heteroatoms. The van der Waals surface area contributed by atoms with Gasteiger partial charge >= 0.3 is 0 Å². The monoisotopic (exact) mass is 466 g/mol. The molecule has 5 N–H and O–H groups in total. The molecule has 0 amide bonds. The summed E-state index contributed by atoms with van der Waals surface area (Å²) in [6.45, 7) is 1.92. The van der Waals surface area contributed by atoms with Gasteiger partial charge in [-0.25, -0.2) is 19.0 Å². The fourth-order valence-corrected chi connectivity index (χ4v) is 4.53. The van der Waals surface area contributed by atoms with Crippen molar-refractivity contribution in [1.29, 1.82) is 0 Å². The molecule has 2 aromatic heterocycles. The van der Waals surface area contributed by atoms with Crippen LogP contribution in [0, 0.1) is 11.2 Å². The Hall–Kier alpha value is -3.38. The van der Waals surface area contributed by atoms with E-state index < -0.39 is 5.82 Å². The van der Waals surface area contributed by atoms with Crippen molar-refractivity contribution < 1.29 is 4.39 Å². The third-order valence-corrected chi connectivity index (χ3v) is 6.81. The number of piperidine rings is 1. The summed E-state index contributed by atoms with van der Waals surface area (Å²) in [5.41, 5.74) is 8.41. The Bertz CT molecular complexity index is 1250. The van der Waals surface area contributed by atoms with Gasteiger partial charge in [0.1, 0.15) is 17.3 Å². The van der Waals surface area contributed by atoms with E-state index in [2.05, 4.69) is 48.6 Å². The van der Waals surface area contributed by atoms with Crippen LogP contribution in [-0.4, -0.2) is 38.9 Å².